The van der Waals surface area contributed by atoms with Gasteiger partial charge in [-0.15, -0.1) is 0 Å². The molecule has 7 heteroatoms. The third-order valence-corrected chi connectivity index (χ3v) is 3.75. The number of aromatic nitrogens is 1. The van der Waals surface area contributed by atoms with Gasteiger partial charge < -0.3 is 15.5 Å². The predicted molar refractivity (Wildman–Crippen MR) is 86.8 cm³/mol. The lowest BCUT2D eigenvalue weighted by Gasteiger charge is -2.17. The molecule has 0 saturated carbocycles. The average Bonchev–Trinajstić information content (AvgIpc) is 2.95. The molecule has 24 heavy (non-hydrogen) atoms. The van der Waals surface area contributed by atoms with Crippen LogP contribution in [0.1, 0.15) is 12.1 Å². The van der Waals surface area contributed by atoms with E-state index in [9.17, 15) is 14.0 Å². The van der Waals surface area contributed by atoms with E-state index < -0.39 is 0 Å². The minimum Gasteiger partial charge on any atom is -0.333 e. The zero-order valence-corrected chi connectivity index (χ0v) is 12.9. The summed E-state index contributed by atoms with van der Waals surface area (Å²) in [5.74, 6) is -0.453. The molecule has 3 rings (SSSR count). The van der Waals surface area contributed by atoms with Crippen molar-refractivity contribution in [2.75, 3.05) is 11.4 Å². The molecule has 124 valence electrons. The van der Waals surface area contributed by atoms with Gasteiger partial charge in [0.15, 0.2) is 0 Å². The number of nitrogens with one attached hydrogen (secondary N) is 2. The molecule has 3 amide bonds. The minimum absolute atomic E-state index is 0.100. The van der Waals surface area contributed by atoms with Crippen molar-refractivity contribution in [2.24, 2.45) is 0 Å². The highest BCUT2D eigenvalue weighted by Crippen LogP contribution is 2.21. The van der Waals surface area contributed by atoms with Gasteiger partial charge >= 0.3 is 6.03 Å². The van der Waals surface area contributed by atoms with Crippen molar-refractivity contribution in [3.63, 3.8) is 0 Å². The topological polar surface area (TPSA) is 74.3 Å². The largest absolute Gasteiger partial charge is 0.333 e. The molecule has 2 N–H and O–H groups in total. The van der Waals surface area contributed by atoms with Crippen molar-refractivity contribution in [1.29, 1.82) is 0 Å². The van der Waals surface area contributed by atoms with Crippen molar-refractivity contribution < 1.29 is 14.0 Å². The number of pyridine rings is 1. The van der Waals surface area contributed by atoms with Crippen LogP contribution in [0.5, 0.6) is 0 Å². The molecule has 0 unspecified atom stereocenters. The van der Waals surface area contributed by atoms with Crippen LogP contribution >= 0.6 is 0 Å². The Kier molecular flexibility index (Phi) is 4.69. The molecule has 0 radical (unpaired) electrons. The van der Waals surface area contributed by atoms with E-state index in [0.717, 1.165) is 5.69 Å². The second-order valence-corrected chi connectivity index (χ2v) is 5.53. The molecule has 6 nitrogen and oxygen atoms in total. The minimum atomic E-state index is -0.353. The number of hydrogen-bond acceptors (Lipinski definition) is 3. The number of rotatable bonds is 4. The Morgan fingerprint density at radius 3 is 2.75 bits per heavy atom. The fraction of sp³-hybridized carbons (Fsp3) is 0.235. The SMILES string of the molecule is O=C(NCc1ccccn1)N[C@@H]1CC(=O)N(c2ccc(F)cc2)C1. The number of benzene rings is 1. The van der Waals surface area contributed by atoms with Crippen LogP contribution in [0.2, 0.25) is 0 Å². The quantitative estimate of drug-likeness (QED) is 0.899. The molecule has 1 aromatic heterocycles. The summed E-state index contributed by atoms with van der Waals surface area (Å²) < 4.78 is 13.0. The van der Waals surface area contributed by atoms with Crippen LogP contribution in [0.4, 0.5) is 14.9 Å². The van der Waals surface area contributed by atoms with Crippen molar-refractivity contribution in [3.05, 3.63) is 60.2 Å². The van der Waals surface area contributed by atoms with Crippen LogP contribution in [0.3, 0.4) is 0 Å². The molecule has 2 heterocycles. The number of halogens is 1. The van der Waals surface area contributed by atoms with E-state index in [1.165, 1.54) is 12.1 Å². The van der Waals surface area contributed by atoms with Gasteiger partial charge in [-0.25, -0.2) is 9.18 Å². The summed E-state index contributed by atoms with van der Waals surface area (Å²) in [5.41, 5.74) is 1.38. The summed E-state index contributed by atoms with van der Waals surface area (Å²) in [6.45, 7) is 0.677. The highest BCUT2D eigenvalue weighted by molar-refractivity contribution is 5.96. The van der Waals surface area contributed by atoms with E-state index >= 15 is 0 Å². The number of carbonyl (C=O) groups is 2. The first-order chi connectivity index (χ1) is 11.6. The Balaban J connectivity index is 1.52. The summed E-state index contributed by atoms with van der Waals surface area (Å²) in [4.78, 5) is 29.7. The summed E-state index contributed by atoms with van der Waals surface area (Å²) in [5, 5.41) is 5.49. The van der Waals surface area contributed by atoms with Gasteiger partial charge in [0.2, 0.25) is 5.91 Å². The Bertz CT molecular complexity index is 721. The van der Waals surface area contributed by atoms with Crippen LogP contribution < -0.4 is 15.5 Å². The summed E-state index contributed by atoms with van der Waals surface area (Å²) in [7, 11) is 0. The molecule has 1 fully saturated rings. The fourth-order valence-corrected chi connectivity index (χ4v) is 2.58. The van der Waals surface area contributed by atoms with Crippen LogP contribution in [-0.4, -0.2) is 29.5 Å². The second-order valence-electron chi connectivity index (χ2n) is 5.53. The van der Waals surface area contributed by atoms with E-state index in [2.05, 4.69) is 15.6 Å². The lowest BCUT2D eigenvalue weighted by Crippen LogP contribution is -2.43. The summed E-state index contributed by atoms with van der Waals surface area (Å²) >= 11 is 0. The average molecular weight is 328 g/mol. The monoisotopic (exact) mass is 328 g/mol. The molecule has 0 aliphatic carbocycles. The molecule has 1 saturated heterocycles. The zero-order chi connectivity index (χ0) is 16.9. The molecule has 1 aliphatic heterocycles. The lowest BCUT2D eigenvalue weighted by molar-refractivity contribution is -0.117. The Morgan fingerprint density at radius 2 is 2.04 bits per heavy atom. The van der Waals surface area contributed by atoms with Crippen LogP contribution in [-0.2, 0) is 11.3 Å². The standard InChI is InChI=1S/C17H17FN4O2/c18-12-4-6-15(7-5-12)22-11-14(9-16(22)23)21-17(24)20-10-13-3-1-2-8-19-13/h1-8,14H,9-11H2,(H2,20,21,24)/t14-/m1/s1. The number of urea groups is 1. The highest BCUT2D eigenvalue weighted by atomic mass is 19.1. The van der Waals surface area contributed by atoms with E-state index in [-0.39, 0.29) is 30.2 Å². The van der Waals surface area contributed by atoms with Gasteiger partial charge in [-0.3, -0.25) is 9.78 Å². The van der Waals surface area contributed by atoms with E-state index in [1.54, 1.807) is 29.3 Å². The maximum Gasteiger partial charge on any atom is 0.315 e. The van der Waals surface area contributed by atoms with E-state index in [0.29, 0.717) is 18.8 Å². The highest BCUT2D eigenvalue weighted by Gasteiger charge is 2.31. The number of anilines is 1. The molecular weight excluding hydrogens is 311 g/mol. The van der Waals surface area contributed by atoms with Crippen molar-refractivity contribution in [2.45, 2.75) is 19.0 Å². The maximum atomic E-state index is 13.0. The van der Waals surface area contributed by atoms with Gasteiger partial charge in [0.25, 0.3) is 0 Å². The summed E-state index contributed by atoms with van der Waals surface area (Å²) in [6.07, 6.45) is 1.87. The van der Waals surface area contributed by atoms with Crippen molar-refractivity contribution in [3.8, 4) is 0 Å². The molecule has 0 bridgehead atoms. The van der Waals surface area contributed by atoms with Crippen LogP contribution in [0.25, 0.3) is 0 Å². The van der Waals surface area contributed by atoms with Gasteiger partial charge in [0.1, 0.15) is 5.82 Å². The number of amides is 3. The normalized spacial score (nSPS) is 17.0. The van der Waals surface area contributed by atoms with E-state index in [1.807, 2.05) is 12.1 Å². The van der Waals surface area contributed by atoms with Crippen molar-refractivity contribution >= 4 is 17.6 Å². The Labute approximate surface area is 138 Å². The second kappa shape index (κ2) is 7.08. The van der Waals surface area contributed by atoms with Gasteiger partial charge in [0.05, 0.1) is 18.3 Å². The first-order valence-electron chi connectivity index (χ1n) is 7.62. The number of nitrogens with zero attached hydrogens (tertiary/aromatic N) is 2. The third kappa shape index (κ3) is 3.87. The predicted octanol–water partition coefficient (Wildman–Crippen LogP) is 1.83. The van der Waals surface area contributed by atoms with E-state index in [4.69, 9.17) is 0 Å². The fourth-order valence-electron chi connectivity index (χ4n) is 2.58. The van der Waals surface area contributed by atoms with Gasteiger partial charge in [-0.1, -0.05) is 6.07 Å². The molecule has 1 atom stereocenters. The van der Waals surface area contributed by atoms with Gasteiger partial charge in [-0.2, -0.15) is 0 Å². The third-order valence-electron chi connectivity index (χ3n) is 3.75. The number of carbonyl (C=O) groups excluding carboxylic acids is 2. The molecule has 1 aliphatic rings. The first kappa shape index (κ1) is 15.9. The molecular formula is C17H17FN4O2. The Hall–Kier alpha value is -2.96. The van der Waals surface area contributed by atoms with Crippen molar-refractivity contribution in [1.82, 2.24) is 15.6 Å². The van der Waals surface area contributed by atoms with Gasteiger partial charge in [0, 0.05) is 24.8 Å². The molecule has 2 aromatic rings. The van der Waals surface area contributed by atoms with Crippen LogP contribution in [0, 0.1) is 5.82 Å². The Morgan fingerprint density at radius 1 is 1.25 bits per heavy atom. The molecule has 1 aromatic carbocycles. The maximum absolute atomic E-state index is 13.0. The molecule has 0 spiro atoms. The lowest BCUT2D eigenvalue weighted by atomic mass is 10.2. The van der Waals surface area contributed by atoms with Gasteiger partial charge in [-0.05, 0) is 36.4 Å². The summed E-state index contributed by atoms with van der Waals surface area (Å²) in [6, 6.07) is 10.6. The zero-order valence-electron chi connectivity index (χ0n) is 12.9. The smallest absolute Gasteiger partial charge is 0.315 e. The number of hydrogen-bond donors (Lipinski definition) is 2. The van der Waals surface area contributed by atoms with Crippen LogP contribution in [0.15, 0.2) is 48.7 Å². The first-order valence-corrected chi connectivity index (χ1v) is 7.62.